The number of pyridine rings is 1. The summed E-state index contributed by atoms with van der Waals surface area (Å²) in [6.07, 6.45) is -7.86. The van der Waals surface area contributed by atoms with Crippen LogP contribution in [0.4, 0.5) is 22.0 Å². The van der Waals surface area contributed by atoms with Crippen molar-refractivity contribution in [1.29, 1.82) is 0 Å². The van der Waals surface area contributed by atoms with Crippen molar-refractivity contribution >= 4 is 6.29 Å². The van der Waals surface area contributed by atoms with E-state index < -0.39 is 29.7 Å². The van der Waals surface area contributed by atoms with Crippen LogP contribution in [0.3, 0.4) is 0 Å². The van der Waals surface area contributed by atoms with Gasteiger partial charge < -0.3 is 4.74 Å². The lowest BCUT2D eigenvalue weighted by molar-refractivity contribution is -0.275. The molecule has 0 atom stereocenters. The van der Waals surface area contributed by atoms with Crippen molar-refractivity contribution in [3.63, 3.8) is 0 Å². The van der Waals surface area contributed by atoms with Gasteiger partial charge in [-0.05, 0) is 6.92 Å². The predicted octanol–water partition coefficient (Wildman–Crippen LogP) is 3.04. The number of aldehydes is 1. The highest BCUT2D eigenvalue weighted by Gasteiger charge is 2.34. The van der Waals surface area contributed by atoms with Crippen molar-refractivity contribution in [2.75, 3.05) is 0 Å². The van der Waals surface area contributed by atoms with Crippen molar-refractivity contribution in [2.24, 2.45) is 0 Å². The zero-order chi connectivity index (χ0) is 13.2. The van der Waals surface area contributed by atoms with Gasteiger partial charge in [-0.1, -0.05) is 0 Å². The van der Waals surface area contributed by atoms with Gasteiger partial charge in [-0.3, -0.25) is 9.78 Å². The molecule has 0 unspecified atom stereocenters. The Kier molecular flexibility index (Phi) is 3.64. The van der Waals surface area contributed by atoms with E-state index in [4.69, 9.17) is 0 Å². The Balaban J connectivity index is 3.35. The third-order valence-electron chi connectivity index (χ3n) is 1.88. The third-order valence-corrected chi connectivity index (χ3v) is 1.88. The van der Waals surface area contributed by atoms with Gasteiger partial charge in [-0.2, -0.15) is 0 Å². The number of carbonyl (C=O) groups excluding carboxylic acids is 1. The molecule has 0 spiro atoms. The quantitative estimate of drug-likeness (QED) is 0.615. The number of nitrogens with zero attached hydrogens (tertiary/aromatic N) is 1. The monoisotopic (exact) mass is 255 g/mol. The van der Waals surface area contributed by atoms with Crippen LogP contribution in [0.1, 0.15) is 28.0 Å². The summed E-state index contributed by atoms with van der Waals surface area (Å²) in [6.45, 7) is 1.23. The highest BCUT2D eigenvalue weighted by atomic mass is 19.4. The molecule has 0 bridgehead atoms. The van der Waals surface area contributed by atoms with E-state index in [1.54, 1.807) is 0 Å². The van der Waals surface area contributed by atoms with E-state index in [9.17, 15) is 26.7 Å². The number of ether oxygens (including phenoxy) is 1. The van der Waals surface area contributed by atoms with Crippen LogP contribution >= 0.6 is 0 Å². The van der Waals surface area contributed by atoms with Crippen LogP contribution in [-0.2, 0) is 0 Å². The number of alkyl halides is 5. The molecule has 0 radical (unpaired) electrons. The van der Waals surface area contributed by atoms with Crippen molar-refractivity contribution in [1.82, 2.24) is 4.98 Å². The molecule has 0 aliphatic rings. The molecule has 0 N–H and O–H groups in total. The Labute approximate surface area is 92.2 Å². The first-order valence-electron chi connectivity index (χ1n) is 4.25. The first-order valence-corrected chi connectivity index (χ1v) is 4.25. The minimum absolute atomic E-state index is 0.0209. The second kappa shape index (κ2) is 4.64. The SMILES string of the molecule is Cc1ncc(OC(F)(F)F)c(C(F)F)c1C=O. The number of aromatic nitrogens is 1. The zero-order valence-electron chi connectivity index (χ0n) is 8.39. The van der Waals surface area contributed by atoms with Crippen LogP contribution in [0.2, 0.25) is 0 Å². The lowest BCUT2D eigenvalue weighted by Gasteiger charge is -2.14. The van der Waals surface area contributed by atoms with Crippen molar-refractivity contribution in [3.8, 4) is 5.75 Å². The maximum absolute atomic E-state index is 12.6. The first kappa shape index (κ1) is 13.3. The van der Waals surface area contributed by atoms with Crippen LogP contribution < -0.4 is 4.74 Å². The topological polar surface area (TPSA) is 39.2 Å². The molecule has 0 saturated heterocycles. The number of halogens is 5. The Hall–Kier alpha value is -1.73. The van der Waals surface area contributed by atoms with Crippen LogP contribution in [0, 0.1) is 6.92 Å². The number of hydrogen-bond donors (Lipinski definition) is 0. The molecule has 1 aromatic heterocycles. The van der Waals surface area contributed by atoms with Crippen LogP contribution in [-0.4, -0.2) is 17.6 Å². The maximum Gasteiger partial charge on any atom is 0.573 e. The second-order valence-electron chi connectivity index (χ2n) is 3.00. The van der Waals surface area contributed by atoms with E-state index in [1.165, 1.54) is 6.92 Å². The van der Waals surface area contributed by atoms with E-state index in [1.807, 2.05) is 0 Å². The summed E-state index contributed by atoms with van der Waals surface area (Å²) < 4.78 is 64.4. The van der Waals surface area contributed by atoms with Gasteiger partial charge in [0.15, 0.2) is 12.0 Å². The number of rotatable bonds is 3. The average Bonchev–Trinajstić information content (AvgIpc) is 2.17. The summed E-state index contributed by atoms with van der Waals surface area (Å²) in [5.41, 5.74) is -1.80. The summed E-state index contributed by atoms with van der Waals surface area (Å²) in [5, 5.41) is 0. The Morgan fingerprint density at radius 1 is 1.41 bits per heavy atom. The zero-order valence-corrected chi connectivity index (χ0v) is 8.39. The van der Waals surface area contributed by atoms with Gasteiger partial charge in [0.25, 0.3) is 6.43 Å². The van der Waals surface area contributed by atoms with Crippen LogP contribution in [0.25, 0.3) is 0 Å². The van der Waals surface area contributed by atoms with Crippen LogP contribution in [0.5, 0.6) is 5.75 Å². The molecule has 8 heteroatoms. The normalized spacial score (nSPS) is 11.7. The Bertz CT molecular complexity index is 430. The van der Waals surface area contributed by atoms with Gasteiger partial charge >= 0.3 is 6.36 Å². The Morgan fingerprint density at radius 3 is 2.41 bits per heavy atom. The molecule has 3 nitrogen and oxygen atoms in total. The standard InChI is InChI=1S/C9H6F5NO2/c1-4-5(3-16)7(8(10)11)6(2-15-4)17-9(12,13)14/h2-3,8H,1H3. The van der Waals surface area contributed by atoms with E-state index in [0.717, 1.165) is 0 Å². The lowest BCUT2D eigenvalue weighted by Crippen LogP contribution is -2.19. The smallest absolute Gasteiger partial charge is 0.404 e. The van der Waals surface area contributed by atoms with Crippen LogP contribution in [0.15, 0.2) is 6.20 Å². The molecule has 1 rings (SSSR count). The minimum atomic E-state index is -5.12. The largest absolute Gasteiger partial charge is 0.573 e. The van der Waals surface area contributed by atoms with Gasteiger partial charge in [0.2, 0.25) is 0 Å². The molecule has 0 saturated carbocycles. The number of hydrogen-bond acceptors (Lipinski definition) is 3. The number of aryl methyl sites for hydroxylation is 1. The molecule has 0 amide bonds. The van der Waals surface area contributed by atoms with E-state index in [0.29, 0.717) is 6.20 Å². The fraction of sp³-hybridized carbons (Fsp3) is 0.333. The number of carbonyl (C=O) groups is 1. The lowest BCUT2D eigenvalue weighted by atomic mass is 10.1. The molecule has 94 valence electrons. The molecule has 0 aromatic carbocycles. The van der Waals surface area contributed by atoms with Gasteiger partial charge in [-0.15, -0.1) is 13.2 Å². The van der Waals surface area contributed by atoms with E-state index in [2.05, 4.69) is 9.72 Å². The summed E-state index contributed by atoms with van der Waals surface area (Å²) >= 11 is 0. The summed E-state index contributed by atoms with van der Waals surface area (Å²) in [4.78, 5) is 13.9. The van der Waals surface area contributed by atoms with E-state index >= 15 is 0 Å². The predicted molar refractivity (Wildman–Crippen MR) is 46.0 cm³/mol. The molecule has 0 aliphatic carbocycles. The molecule has 1 aromatic rings. The van der Waals surface area contributed by atoms with Crippen molar-refractivity contribution in [2.45, 2.75) is 19.7 Å². The summed E-state index contributed by atoms with van der Waals surface area (Å²) in [6, 6.07) is 0. The molecule has 0 fully saturated rings. The first-order chi connectivity index (χ1) is 7.76. The molecule has 17 heavy (non-hydrogen) atoms. The summed E-state index contributed by atoms with van der Waals surface area (Å²) in [5.74, 6) is -1.17. The fourth-order valence-corrected chi connectivity index (χ4v) is 1.20. The van der Waals surface area contributed by atoms with Gasteiger partial charge in [-0.25, -0.2) is 8.78 Å². The van der Waals surface area contributed by atoms with Crippen molar-refractivity contribution < 1.29 is 31.5 Å². The maximum atomic E-state index is 12.6. The minimum Gasteiger partial charge on any atom is -0.404 e. The highest BCUT2D eigenvalue weighted by molar-refractivity contribution is 5.80. The van der Waals surface area contributed by atoms with Gasteiger partial charge in [0, 0.05) is 11.3 Å². The van der Waals surface area contributed by atoms with Gasteiger partial charge in [0.1, 0.15) is 0 Å². The third kappa shape index (κ3) is 3.11. The van der Waals surface area contributed by atoms with Gasteiger partial charge in [0.05, 0.1) is 11.8 Å². The van der Waals surface area contributed by atoms with E-state index in [-0.39, 0.29) is 12.0 Å². The summed E-state index contributed by atoms with van der Waals surface area (Å²) in [7, 11) is 0. The molecular formula is C9H6F5NO2. The molecule has 1 heterocycles. The molecule has 0 aliphatic heterocycles. The van der Waals surface area contributed by atoms with Crippen molar-refractivity contribution in [3.05, 3.63) is 23.0 Å². The fourth-order valence-electron chi connectivity index (χ4n) is 1.20. The molecular weight excluding hydrogens is 249 g/mol. The highest BCUT2D eigenvalue weighted by Crippen LogP contribution is 2.35. The average molecular weight is 255 g/mol. The second-order valence-corrected chi connectivity index (χ2v) is 3.00. The Morgan fingerprint density at radius 2 is 2.00 bits per heavy atom.